The van der Waals surface area contributed by atoms with Gasteiger partial charge in [0.1, 0.15) is 0 Å². The molecule has 0 aliphatic carbocycles. The minimum atomic E-state index is -0.290. The minimum absolute atomic E-state index is 0.247. The molecule has 0 fully saturated rings. The van der Waals surface area contributed by atoms with Gasteiger partial charge in [-0.15, -0.1) is 0 Å². The third-order valence-corrected chi connectivity index (χ3v) is 5.54. The number of aromatic nitrogens is 4. The Kier molecular flexibility index (Phi) is 9.15. The van der Waals surface area contributed by atoms with E-state index >= 15 is 0 Å². The molecule has 0 aliphatic heterocycles. The molecule has 8 heteroatoms. The molecule has 0 saturated heterocycles. The monoisotopic (exact) mass is 405 g/mol. The summed E-state index contributed by atoms with van der Waals surface area (Å²) in [5, 5.41) is 11.8. The van der Waals surface area contributed by atoms with Gasteiger partial charge in [-0.25, -0.2) is 9.78 Å². The number of rotatable bonds is 13. The van der Waals surface area contributed by atoms with Crippen LogP contribution in [0.25, 0.3) is 11.2 Å². The van der Waals surface area contributed by atoms with E-state index in [0.717, 1.165) is 37.8 Å². The Morgan fingerprint density at radius 1 is 0.966 bits per heavy atom. The zero-order valence-electron chi connectivity index (χ0n) is 18.1. The number of aryl methyl sites for hydroxylation is 2. The lowest BCUT2D eigenvalue weighted by molar-refractivity contribution is 0.317. The van der Waals surface area contributed by atoms with Crippen molar-refractivity contribution >= 4 is 16.9 Å². The van der Waals surface area contributed by atoms with Crippen LogP contribution in [-0.4, -0.2) is 29.6 Å². The van der Waals surface area contributed by atoms with Crippen molar-refractivity contribution in [3.8, 4) is 0 Å². The number of imidazole rings is 1. The van der Waals surface area contributed by atoms with Crippen molar-refractivity contribution in [2.75, 3.05) is 0 Å². The first kappa shape index (κ1) is 22.9. The summed E-state index contributed by atoms with van der Waals surface area (Å²) in [5.41, 5.74) is 1.19. The van der Waals surface area contributed by atoms with Crippen LogP contribution < -0.4 is 11.2 Å². The number of hydrogen-bond donors (Lipinski definition) is 1. The van der Waals surface area contributed by atoms with Crippen LogP contribution in [0.2, 0.25) is 0 Å². The predicted octanol–water partition coefficient (Wildman–Crippen LogP) is 3.57. The van der Waals surface area contributed by atoms with Gasteiger partial charge in [-0.1, -0.05) is 56.5 Å². The zero-order chi connectivity index (χ0) is 21.2. The highest BCUT2D eigenvalue weighted by Gasteiger charge is 2.14. The Hall–Kier alpha value is -2.38. The van der Waals surface area contributed by atoms with Crippen LogP contribution in [0.1, 0.15) is 77.6 Å². The molecule has 0 atom stereocenters. The molecule has 8 nitrogen and oxygen atoms in total. The molecular weight excluding hydrogens is 370 g/mol. The Balaban J connectivity index is 1.62. The van der Waals surface area contributed by atoms with Gasteiger partial charge < -0.3 is 9.77 Å². The fourth-order valence-electron chi connectivity index (χ4n) is 3.71. The summed E-state index contributed by atoms with van der Waals surface area (Å²) >= 11 is 0. The number of unbranched alkanes of at least 4 members (excludes halogenated alkanes) is 9. The summed E-state index contributed by atoms with van der Waals surface area (Å²) in [5.74, 6) is 0. The van der Waals surface area contributed by atoms with Gasteiger partial charge in [-0.2, -0.15) is 0 Å². The molecule has 0 unspecified atom stereocenters. The maximum Gasteiger partial charge on any atom is 0.332 e. The Bertz CT molecular complexity index is 923. The summed E-state index contributed by atoms with van der Waals surface area (Å²) in [4.78, 5) is 29.2. The van der Waals surface area contributed by atoms with Gasteiger partial charge in [0.25, 0.3) is 5.56 Å². The van der Waals surface area contributed by atoms with E-state index in [0.29, 0.717) is 17.7 Å². The van der Waals surface area contributed by atoms with Crippen LogP contribution >= 0.6 is 0 Å². The number of nitrogens with zero attached hydrogens (tertiary/aromatic N) is 5. The molecule has 2 heterocycles. The van der Waals surface area contributed by atoms with Gasteiger partial charge in [0.15, 0.2) is 11.2 Å². The van der Waals surface area contributed by atoms with Crippen LogP contribution in [0, 0.1) is 0 Å². The third kappa shape index (κ3) is 6.30. The van der Waals surface area contributed by atoms with Crippen LogP contribution in [0.4, 0.5) is 0 Å². The molecule has 0 bridgehead atoms. The molecule has 29 heavy (non-hydrogen) atoms. The van der Waals surface area contributed by atoms with E-state index in [4.69, 9.17) is 5.21 Å². The van der Waals surface area contributed by atoms with E-state index in [1.807, 2.05) is 6.92 Å². The van der Waals surface area contributed by atoms with E-state index in [1.165, 1.54) is 47.7 Å². The van der Waals surface area contributed by atoms with Crippen molar-refractivity contribution in [1.29, 1.82) is 0 Å². The van der Waals surface area contributed by atoms with Gasteiger partial charge in [0.2, 0.25) is 0 Å². The molecule has 0 radical (unpaired) electrons. The maximum atomic E-state index is 12.6. The van der Waals surface area contributed by atoms with Crippen molar-refractivity contribution in [2.45, 2.75) is 84.1 Å². The Morgan fingerprint density at radius 3 is 2.10 bits per heavy atom. The lowest BCUT2D eigenvalue weighted by Gasteiger charge is -2.08. The summed E-state index contributed by atoms with van der Waals surface area (Å²) in [7, 11) is 3.44. The smallest absolute Gasteiger partial charge is 0.332 e. The number of hydrogen-bond acceptors (Lipinski definition) is 5. The van der Waals surface area contributed by atoms with E-state index < -0.39 is 0 Å². The second-order valence-electron chi connectivity index (χ2n) is 7.95. The van der Waals surface area contributed by atoms with Gasteiger partial charge >= 0.3 is 5.69 Å². The first-order valence-electron chi connectivity index (χ1n) is 10.8. The average Bonchev–Trinajstić information content (AvgIpc) is 3.10. The topological polar surface area (TPSA) is 94.4 Å². The lowest BCUT2D eigenvalue weighted by Crippen LogP contribution is -2.39. The average molecular weight is 406 g/mol. The highest BCUT2D eigenvalue weighted by Crippen LogP contribution is 2.12. The van der Waals surface area contributed by atoms with E-state index in [-0.39, 0.29) is 11.2 Å². The number of fused-ring (bicyclic) bond motifs is 1. The van der Waals surface area contributed by atoms with Crippen LogP contribution in [0.15, 0.2) is 21.1 Å². The maximum absolute atomic E-state index is 12.6. The molecule has 162 valence electrons. The van der Waals surface area contributed by atoms with E-state index in [1.54, 1.807) is 25.0 Å². The normalized spacial score (nSPS) is 12.2. The predicted molar refractivity (Wildman–Crippen MR) is 116 cm³/mol. The van der Waals surface area contributed by atoms with Crippen molar-refractivity contribution in [3.05, 3.63) is 27.2 Å². The first-order chi connectivity index (χ1) is 14.0. The van der Waals surface area contributed by atoms with Gasteiger partial charge in [0.05, 0.1) is 12.0 Å². The molecule has 0 aromatic carbocycles. The number of oxime groups is 1. The first-order valence-corrected chi connectivity index (χ1v) is 10.8. The fourth-order valence-corrected chi connectivity index (χ4v) is 3.71. The SMILES string of the molecule is C/C(CCCCCCCCCCCCn1c(=O)c2c(ncn2C)n(C)c1=O)=N\O. The molecular formula is C21H35N5O3. The van der Waals surface area contributed by atoms with Gasteiger partial charge in [0, 0.05) is 20.6 Å². The van der Waals surface area contributed by atoms with Gasteiger partial charge in [-0.3, -0.25) is 13.9 Å². The molecule has 0 spiro atoms. The second-order valence-corrected chi connectivity index (χ2v) is 7.95. The minimum Gasteiger partial charge on any atom is -0.411 e. The molecule has 1 N–H and O–H groups in total. The molecule has 2 aromatic heterocycles. The van der Waals surface area contributed by atoms with Gasteiger partial charge in [-0.05, 0) is 26.2 Å². The summed E-state index contributed by atoms with van der Waals surface area (Å²) in [6.07, 6.45) is 13.9. The molecule has 2 aromatic rings. The summed E-state index contributed by atoms with van der Waals surface area (Å²) in [6, 6.07) is 0. The highest BCUT2D eigenvalue weighted by molar-refractivity contribution is 5.81. The zero-order valence-corrected chi connectivity index (χ0v) is 18.1. The van der Waals surface area contributed by atoms with E-state index in [9.17, 15) is 9.59 Å². The van der Waals surface area contributed by atoms with Crippen molar-refractivity contribution in [3.63, 3.8) is 0 Å². The molecule has 0 amide bonds. The van der Waals surface area contributed by atoms with Crippen LogP contribution in [-0.2, 0) is 20.6 Å². The summed E-state index contributed by atoms with van der Waals surface area (Å²) < 4.78 is 4.47. The highest BCUT2D eigenvalue weighted by atomic mass is 16.4. The van der Waals surface area contributed by atoms with E-state index in [2.05, 4.69) is 10.1 Å². The Labute approximate surface area is 171 Å². The van der Waals surface area contributed by atoms with Crippen molar-refractivity contribution in [1.82, 2.24) is 18.7 Å². The Morgan fingerprint density at radius 2 is 1.52 bits per heavy atom. The standard InChI is InChI=1S/C21H35N5O3/c1-17(23-29)14-12-10-8-6-4-5-7-9-11-13-15-26-20(27)18-19(22-16-24(18)2)25(3)21(26)28/h16,29H,4-15H2,1-3H3/b23-17+. The molecule has 0 saturated carbocycles. The molecule has 2 rings (SSSR count). The van der Waals surface area contributed by atoms with Crippen molar-refractivity contribution < 1.29 is 5.21 Å². The largest absolute Gasteiger partial charge is 0.411 e. The second kappa shape index (κ2) is 11.6. The fraction of sp³-hybridized carbons (Fsp3) is 0.714. The summed E-state index contributed by atoms with van der Waals surface area (Å²) in [6.45, 7) is 2.31. The van der Waals surface area contributed by atoms with Crippen LogP contribution in [0.5, 0.6) is 0 Å². The van der Waals surface area contributed by atoms with Crippen LogP contribution in [0.3, 0.4) is 0 Å². The molecule has 0 aliphatic rings. The third-order valence-electron chi connectivity index (χ3n) is 5.54. The quantitative estimate of drug-likeness (QED) is 0.238. The lowest BCUT2D eigenvalue weighted by atomic mass is 10.0. The van der Waals surface area contributed by atoms with Crippen molar-refractivity contribution in [2.24, 2.45) is 19.3 Å².